The molecular formula is C18H20N4S. The van der Waals surface area contributed by atoms with Crippen LogP contribution in [0.1, 0.15) is 33.0 Å². The number of fused-ring (bicyclic) bond motifs is 2. The van der Waals surface area contributed by atoms with E-state index in [2.05, 4.69) is 52.6 Å². The molecule has 0 bridgehead atoms. The Morgan fingerprint density at radius 1 is 1.13 bits per heavy atom. The van der Waals surface area contributed by atoms with Crippen LogP contribution >= 0.6 is 11.3 Å². The number of nitrogens with zero attached hydrogens (tertiary/aromatic N) is 2. The van der Waals surface area contributed by atoms with Crippen LogP contribution in [0.3, 0.4) is 0 Å². The standard InChI is InChI=1S/C18H20N4S/c1-10-11(2)23-18-16(10)17(21-12(3)22-18)20-7-13-4-5-14-8-19-9-15(14)6-13/h4-6,19H,7-9H2,1-3H3,(H,20,21,22). The highest BCUT2D eigenvalue weighted by atomic mass is 32.1. The molecule has 0 fully saturated rings. The minimum absolute atomic E-state index is 0.785. The van der Waals surface area contributed by atoms with Crippen molar-refractivity contribution >= 4 is 27.4 Å². The molecule has 3 aromatic rings. The zero-order valence-corrected chi connectivity index (χ0v) is 14.5. The van der Waals surface area contributed by atoms with Crippen molar-refractivity contribution in [1.82, 2.24) is 15.3 Å². The third-order valence-electron chi connectivity index (χ3n) is 4.50. The van der Waals surface area contributed by atoms with Crippen LogP contribution in [0.2, 0.25) is 0 Å². The van der Waals surface area contributed by atoms with Crippen LogP contribution in [0.15, 0.2) is 18.2 Å². The number of hydrogen-bond acceptors (Lipinski definition) is 5. The SMILES string of the molecule is Cc1nc(NCc2ccc3c(c2)CNC3)c2c(C)c(C)sc2n1. The highest BCUT2D eigenvalue weighted by Crippen LogP contribution is 2.33. The maximum absolute atomic E-state index is 4.64. The fourth-order valence-electron chi connectivity index (χ4n) is 3.13. The van der Waals surface area contributed by atoms with Crippen molar-refractivity contribution in [2.75, 3.05) is 5.32 Å². The maximum Gasteiger partial charge on any atom is 0.139 e. The van der Waals surface area contributed by atoms with E-state index >= 15 is 0 Å². The van der Waals surface area contributed by atoms with Crippen LogP contribution in [-0.2, 0) is 19.6 Å². The molecule has 0 atom stereocenters. The summed E-state index contributed by atoms with van der Waals surface area (Å²) in [5, 5.41) is 8.08. The van der Waals surface area contributed by atoms with Gasteiger partial charge in [-0.15, -0.1) is 11.3 Å². The molecule has 118 valence electrons. The lowest BCUT2D eigenvalue weighted by atomic mass is 10.1. The molecule has 23 heavy (non-hydrogen) atoms. The summed E-state index contributed by atoms with van der Waals surface area (Å²) >= 11 is 1.75. The molecule has 1 aromatic carbocycles. The Morgan fingerprint density at radius 2 is 1.96 bits per heavy atom. The lowest BCUT2D eigenvalue weighted by Crippen LogP contribution is -2.04. The first kappa shape index (κ1) is 14.6. The summed E-state index contributed by atoms with van der Waals surface area (Å²) in [6.45, 7) is 9.00. The summed E-state index contributed by atoms with van der Waals surface area (Å²) in [6, 6.07) is 6.72. The summed E-state index contributed by atoms with van der Waals surface area (Å²) in [6.07, 6.45) is 0. The largest absolute Gasteiger partial charge is 0.365 e. The molecule has 5 heteroatoms. The Bertz CT molecular complexity index is 898. The predicted octanol–water partition coefficient (Wildman–Crippen LogP) is 3.83. The molecule has 2 N–H and O–H groups in total. The zero-order chi connectivity index (χ0) is 16.0. The van der Waals surface area contributed by atoms with Gasteiger partial charge in [0.05, 0.1) is 5.39 Å². The van der Waals surface area contributed by atoms with Crippen molar-refractivity contribution in [1.29, 1.82) is 0 Å². The van der Waals surface area contributed by atoms with Gasteiger partial charge < -0.3 is 10.6 Å². The Hall–Kier alpha value is -1.98. The first-order valence-electron chi connectivity index (χ1n) is 7.91. The fourth-order valence-corrected chi connectivity index (χ4v) is 4.20. The molecule has 0 spiro atoms. The zero-order valence-electron chi connectivity index (χ0n) is 13.7. The summed E-state index contributed by atoms with van der Waals surface area (Å²) in [7, 11) is 0. The van der Waals surface area contributed by atoms with Gasteiger partial charge in [-0.1, -0.05) is 18.2 Å². The molecule has 1 aliphatic rings. The van der Waals surface area contributed by atoms with Gasteiger partial charge in [-0.3, -0.25) is 0 Å². The van der Waals surface area contributed by atoms with Crippen molar-refractivity contribution in [3.63, 3.8) is 0 Å². The molecule has 0 aliphatic carbocycles. The van der Waals surface area contributed by atoms with Crippen molar-refractivity contribution in [3.8, 4) is 0 Å². The topological polar surface area (TPSA) is 49.8 Å². The number of aromatic nitrogens is 2. The first-order valence-corrected chi connectivity index (χ1v) is 8.73. The van der Waals surface area contributed by atoms with Crippen LogP contribution in [0.5, 0.6) is 0 Å². The van der Waals surface area contributed by atoms with Gasteiger partial charge in [0.2, 0.25) is 0 Å². The molecule has 0 unspecified atom stereocenters. The molecule has 4 nitrogen and oxygen atoms in total. The quantitative estimate of drug-likeness (QED) is 0.769. The molecule has 2 aromatic heterocycles. The maximum atomic E-state index is 4.64. The van der Waals surface area contributed by atoms with Gasteiger partial charge in [0, 0.05) is 24.5 Å². The average molecular weight is 324 g/mol. The highest BCUT2D eigenvalue weighted by Gasteiger charge is 2.14. The molecule has 0 amide bonds. The number of benzene rings is 1. The second kappa shape index (κ2) is 5.58. The number of hydrogen-bond donors (Lipinski definition) is 2. The van der Waals surface area contributed by atoms with Gasteiger partial charge >= 0.3 is 0 Å². The Morgan fingerprint density at radius 3 is 2.83 bits per heavy atom. The summed E-state index contributed by atoms with van der Waals surface area (Å²) in [4.78, 5) is 11.6. The molecule has 4 rings (SSSR count). The van der Waals surface area contributed by atoms with Crippen molar-refractivity contribution in [2.24, 2.45) is 0 Å². The van der Waals surface area contributed by atoms with E-state index < -0.39 is 0 Å². The molecule has 0 saturated carbocycles. The smallest absolute Gasteiger partial charge is 0.139 e. The van der Waals surface area contributed by atoms with Gasteiger partial charge in [-0.2, -0.15) is 0 Å². The van der Waals surface area contributed by atoms with Crippen LogP contribution in [-0.4, -0.2) is 9.97 Å². The lowest BCUT2D eigenvalue weighted by molar-refractivity contribution is 0.764. The average Bonchev–Trinajstić information content (AvgIpc) is 3.09. The summed E-state index contributed by atoms with van der Waals surface area (Å²) < 4.78 is 0. The predicted molar refractivity (Wildman–Crippen MR) is 95.9 cm³/mol. The number of thiophene rings is 1. The van der Waals surface area contributed by atoms with Crippen molar-refractivity contribution in [3.05, 3.63) is 51.2 Å². The second-order valence-corrected chi connectivity index (χ2v) is 7.35. The Kier molecular flexibility index (Phi) is 3.54. The van der Waals surface area contributed by atoms with Gasteiger partial charge in [0.15, 0.2) is 0 Å². The molecular weight excluding hydrogens is 304 g/mol. The molecule has 1 aliphatic heterocycles. The van der Waals surface area contributed by atoms with E-state index in [1.54, 1.807) is 11.3 Å². The normalized spacial score (nSPS) is 13.5. The highest BCUT2D eigenvalue weighted by molar-refractivity contribution is 7.18. The van der Waals surface area contributed by atoms with Crippen LogP contribution < -0.4 is 10.6 Å². The number of rotatable bonds is 3. The van der Waals surface area contributed by atoms with Gasteiger partial charge in [0.1, 0.15) is 16.5 Å². The van der Waals surface area contributed by atoms with Crippen LogP contribution in [0.4, 0.5) is 5.82 Å². The van der Waals surface area contributed by atoms with Crippen LogP contribution in [0.25, 0.3) is 10.2 Å². The van der Waals surface area contributed by atoms with Crippen LogP contribution in [0, 0.1) is 20.8 Å². The molecule has 0 radical (unpaired) electrons. The van der Waals surface area contributed by atoms with E-state index in [1.807, 2.05) is 6.92 Å². The summed E-state index contributed by atoms with van der Waals surface area (Å²) in [5.74, 6) is 1.77. The van der Waals surface area contributed by atoms with E-state index in [0.717, 1.165) is 36.1 Å². The molecule has 0 saturated heterocycles. The Labute approximate surface area is 140 Å². The fraction of sp³-hybridized carbons (Fsp3) is 0.333. The third-order valence-corrected chi connectivity index (χ3v) is 5.60. The van der Waals surface area contributed by atoms with E-state index in [0.29, 0.717) is 0 Å². The minimum atomic E-state index is 0.785. The van der Waals surface area contributed by atoms with E-state index in [-0.39, 0.29) is 0 Å². The number of anilines is 1. The first-order chi connectivity index (χ1) is 11.1. The second-order valence-electron chi connectivity index (χ2n) is 6.14. The number of aryl methyl sites for hydroxylation is 3. The van der Waals surface area contributed by atoms with Crippen molar-refractivity contribution < 1.29 is 0 Å². The van der Waals surface area contributed by atoms with E-state index in [9.17, 15) is 0 Å². The third kappa shape index (κ3) is 2.60. The monoisotopic (exact) mass is 324 g/mol. The van der Waals surface area contributed by atoms with Gasteiger partial charge in [-0.05, 0) is 43.0 Å². The van der Waals surface area contributed by atoms with Gasteiger partial charge in [-0.25, -0.2) is 9.97 Å². The number of nitrogens with one attached hydrogen (secondary N) is 2. The van der Waals surface area contributed by atoms with Crippen molar-refractivity contribution in [2.45, 2.75) is 40.4 Å². The van der Waals surface area contributed by atoms with E-state index in [4.69, 9.17) is 0 Å². The lowest BCUT2D eigenvalue weighted by Gasteiger charge is -2.10. The van der Waals surface area contributed by atoms with Gasteiger partial charge in [0.25, 0.3) is 0 Å². The summed E-state index contributed by atoms with van der Waals surface area (Å²) in [5.41, 5.74) is 5.40. The Balaban J connectivity index is 1.65. The molecule has 3 heterocycles. The van der Waals surface area contributed by atoms with E-state index in [1.165, 1.54) is 32.5 Å². The minimum Gasteiger partial charge on any atom is -0.365 e.